The highest BCUT2D eigenvalue weighted by Crippen LogP contribution is 2.36. The summed E-state index contributed by atoms with van der Waals surface area (Å²) < 4.78 is 0.461. The average Bonchev–Trinajstić information content (AvgIpc) is 3.26. The van der Waals surface area contributed by atoms with Crippen LogP contribution in [0.4, 0.5) is 5.69 Å². The van der Waals surface area contributed by atoms with Crippen LogP contribution in [0.25, 0.3) is 0 Å². The molecule has 1 aliphatic heterocycles. The van der Waals surface area contributed by atoms with Crippen LogP contribution < -0.4 is 4.90 Å². The molecule has 0 radical (unpaired) electrons. The Kier molecular flexibility index (Phi) is 12.6. The number of benzene rings is 1. The highest BCUT2D eigenvalue weighted by atomic mass is 35.5. The molecule has 5 heteroatoms. The number of nitrogens with zero attached hydrogens (tertiary/aromatic N) is 1. The van der Waals surface area contributed by atoms with E-state index in [4.69, 9.17) is 11.6 Å². The van der Waals surface area contributed by atoms with Gasteiger partial charge in [-0.15, -0.1) is 35.1 Å². The lowest BCUT2D eigenvalue weighted by Gasteiger charge is -2.29. The summed E-state index contributed by atoms with van der Waals surface area (Å²) >= 11 is 10.0. The number of thioether (sulfide) groups is 2. The highest BCUT2D eigenvalue weighted by molar-refractivity contribution is 8.20. The van der Waals surface area contributed by atoms with Gasteiger partial charge in [-0.2, -0.15) is 0 Å². The Hall–Kier alpha value is -0.320. The van der Waals surface area contributed by atoms with E-state index >= 15 is 0 Å². The van der Waals surface area contributed by atoms with Gasteiger partial charge in [-0.1, -0.05) is 70.6 Å². The van der Waals surface area contributed by atoms with E-state index in [1.807, 2.05) is 28.4 Å². The zero-order chi connectivity index (χ0) is 20.9. The number of rotatable bonds is 14. The minimum absolute atomic E-state index is 0.0515. The Morgan fingerprint density at radius 3 is 2.00 bits per heavy atom. The predicted molar refractivity (Wildman–Crippen MR) is 134 cm³/mol. The molecule has 0 spiro atoms. The first-order valence-electron chi connectivity index (χ1n) is 11.4. The van der Waals surface area contributed by atoms with Crippen LogP contribution in [0.2, 0.25) is 0 Å². The van der Waals surface area contributed by atoms with Crippen molar-refractivity contribution < 1.29 is 4.79 Å². The molecule has 1 fully saturated rings. The van der Waals surface area contributed by atoms with E-state index in [0.29, 0.717) is 4.58 Å². The highest BCUT2D eigenvalue weighted by Gasteiger charge is 2.26. The van der Waals surface area contributed by atoms with Crippen LogP contribution in [0.15, 0.2) is 18.2 Å². The zero-order valence-corrected chi connectivity index (χ0v) is 20.6. The van der Waals surface area contributed by atoms with Gasteiger partial charge in [0, 0.05) is 18.1 Å². The number of anilines is 1. The van der Waals surface area contributed by atoms with Gasteiger partial charge in [-0.25, -0.2) is 0 Å². The summed E-state index contributed by atoms with van der Waals surface area (Å²) in [6, 6.07) is 6.66. The smallest absolute Gasteiger partial charge is 0.241 e. The number of aryl methyl sites for hydroxylation is 2. The van der Waals surface area contributed by atoms with E-state index in [2.05, 4.69) is 32.0 Å². The molecule has 0 saturated carbocycles. The number of alkyl halides is 1. The molecule has 2 rings (SSSR count). The van der Waals surface area contributed by atoms with Gasteiger partial charge in [0.2, 0.25) is 5.91 Å². The van der Waals surface area contributed by atoms with Crippen molar-refractivity contribution in [2.24, 2.45) is 0 Å². The molecule has 1 saturated heterocycles. The van der Waals surface area contributed by atoms with Crippen LogP contribution in [-0.4, -0.2) is 34.4 Å². The molecule has 164 valence electrons. The number of hydrogen-bond acceptors (Lipinski definition) is 3. The number of amides is 1. The minimum atomic E-state index is 0.0515. The second-order valence-electron chi connectivity index (χ2n) is 7.86. The molecule has 2 nitrogen and oxygen atoms in total. The molecule has 0 aromatic heterocycles. The standard InChI is InChI=1S/C24H38ClNOS2/c1-3-5-7-9-12-20-14-11-15-21(13-10-8-6-4-2)24(20)26(22(27)18-25)19-23-28-16-17-29-23/h11,14-15,23H,3-10,12-13,16-19H2,1-2H3. The van der Waals surface area contributed by atoms with Gasteiger partial charge >= 0.3 is 0 Å². The summed E-state index contributed by atoms with van der Waals surface area (Å²) in [5, 5.41) is 0. The quantitative estimate of drug-likeness (QED) is 0.216. The summed E-state index contributed by atoms with van der Waals surface area (Å²) in [7, 11) is 0. The average molecular weight is 456 g/mol. The number of carbonyl (C=O) groups excluding carboxylic acids is 1. The van der Waals surface area contributed by atoms with Crippen molar-refractivity contribution in [3.05, 3.63) is 29.3 Å². The molecule has 1 aromatic rings. The van der Waals surface area contributed by atoms with Crippen LogP contribution in [-0.2, 0) is 17.6 Å². The topological polar surface area (TPSA) is 20.3 Å². The van der Waals surface area contributed by atoms with E-state index in [9.17, 15) is 4.79 Å². The van der Waals surface area contributed by atoms with Crippen molar-refractivity contribution in [1.82, 2.24) is 0 Å². The molecule has 0 N–H and O–H groups in total. The fraction of sp³-hybridized carbons (Fsp3) is 0.708. The summed E-state index contributed by atoms with van der Waals surface area (Å²) in [5.41, 5.74) is 3.85. The monoisotopic (exact) mass is 455 g/mol. The normalized spacial score (nSPS) is 14.4. The molecule has 1 amide bonds. The van der Waals surface area contributed by atoms with Crippen molar-refractivity contribution in [2.75, 3.05) is 28.8 Å². The maximum atomic E-state index is 12.9. The molecule has 0 atom stereocenters. The number of unbranched alkanes of at least 4 members (excludes halogenated alkanes) is 6. The summed E-state index contributed by atoms with van der Waals surface area (Å²) in [6.07, 6.45) is 12.1. The van der Waals surface area contributed by atoms with Gasteiger partial charge in [0.05, 0.1) is 10.3 Å². The van der Waals surface area contributed by atoms with Crippen LogP contribution in [0.3, 0.4) is 0 Å². The van der Waals surface area contributed by atoms with E-state index < -0.39 is 0 Å². The maximum Gasteiger partial charge on any atom is 0.241 e. The number of hydrogen-bond donors (Lipinski definition) is 0. The second-order valence-corrected chi connectivity index (χ2v) is 11.0. The molecule has 1 aromatic carbocycles. The van der Waals surface area contributed by atoms with Crippen molar-refractivity contribution in [2.45, 2.75) is 82.6 Å². The lowest BCUT2D eigenvalue weighted by molar-refractivity contribution is -0.116. The zero-order valence-electron chi connectivity index (χ0n) is 18.3. The van der Waals surface area contributed by atoms with Gasteiger partial charge in [-0.05, 0) is 36.8 Å². The maximum absolute atomic E-state index is 12.9. The third-order valence-corrected chi connectivity index (χ3v) is 8.74. The third kappa shape index (κ3) is 8.38. The molecule has 29 heavy (non-hydrogen) atoms. The lowest BCUT2D eigenvalue weighted by atomic mass is 9.96. The van der Waals surface area contributed by atoms with Crippen LogP contribution in [0.5, 0.6) is 0 Å². The summed E-state index contributed by atoms with van der Waals surface area (Å²) in [6.45, 7) is 5.27. The van der Waals surface area contributed by atoms with Gasteiger partial charge in [0.1, 0.15) is 5.88 Å². The molecule has 0 bridgehead atoms. The van der Waals surface area contributed by atoms with Gasteiger partial charge in [0.15, 0.2) is 0 Å². The van der Waals surface area contributed by atoms with Gasteiger partial charge < -0.3 is 4.90 Å². The SMILES string of the molecule is CCCCCCc1cccc(CCCCCC)c1N(CC1SCCS1)C(=O)CCl. The van der Waals surface area contributed by atoms with Crippen LogP contribution in [0, 0.1) is 0 Å². The van der Waals surface area contributed by atoms with Crippen LogP contribution in [0.1, 0.15) is 76.3 Å². The van der Waals surface area contributed by atoms with E-state index in [0.717, 1.165) is 19.4 Å². The molecule has 1 aliphatic rings. The first-order valence-corrected chi connectivity index (χ1v) is 14.0. The van der Waals surface area contributed by atoms with Crippen molar-refractivity contribution in [3.63, 3.8) is 0 Å². The van der Waals surface area contributed by atoms with E-state index in [-0.39, 0.29) is 11.8 Å². The van der Waals surface area contributed by atoms with Crippen molar-refractivity contribution >= 4 is 46.7 Å². The second kappa shape index (κ2) is 14.6. The molecule has 0 aliphatic carbocycles. The largest absolute Gasteiger partial charge is 0.309 e. The van der Waals surface area contributed by atoms with Crippen molar-refractivity contribution in [1.29, 1.82) is 0 Å². The first kappa shape index (κ1) is 24.9. The van der Waals surface area contributed by atoms with Crippen LogP contribution >= 0.6 is 35.1 Å². The van der Waals surface area contributed by atoms with E-state index in [1.165, 1.54) is 79.7 Å². The van der Waals surface area contributed by atoms with Gasteiger partial charge in [0.25, 0.3) is 0 Å². The Morgan fingerprint density at radius 2 is 1.52 bits per heavy atom. The fourth-order valence-corrected chi connectivity index (χ4v) is 6.84. The van der Waals surface area contributed by atoms with Gasteiger partial charge in [-0.3, -0.25) is 4.79 Å². The number of carbonyl (C=O) groups is 1. The molecule has 0 unspecified atom stereocenters. The number of halogens is 1. The van der Waals surface area contributed by atoms with E-state index in [1.54, 1.807) is 0 Å². The summed E-state index contributed by atoms with van der Waals surface area (Å²) in [4.78, 5) is 15.0. The summed E-state index contributed by atoms with van der Waals surface area (Å²) in [5.74, 6) is 2.47. The molecular weight excluding hydrogens is 418 g/mol. The minimum Gasteiger partial charge on any atom is -0.309 e. The molecule has 1 heterocycles. The van der Waals surface area contributed by atoms with Crippen molar-refractivity contribution in [3.8, 4) is 0 Å². The third-order valence-electron chi connectivity index (χ3n) is 5.51. The number of para-hydroxylation sites is 1. The molecular formula is C24H38ClNOS2. The predicted octanol–water partition coefficient (Wildman–Crippen LogP) is 7.31. The Morgan fingerprint density at radius 1 is 0.966 bits per heavy atom. The first-order chi connectivity index (χ1) is 14.2. The Balaban J connectivity index is 2.27. The lowest BCUT2D eigenvalue weighted by Crippen LogP contribution is -2.37. The Labute approximate surface area is 191 Å². The Bertz CT molecular complexity index is 574. The fourth-order valence-electron chi connectivity index (χ4n) is 3.93.